The molecule has 3 rings (SSSR count). The molecule has 0 saturated carbocycles. The number of carbonyl (C=O) groups excluding carboxylic acids is 2. The Morgan fingerprint density at radius 3 is 2.45 bits per heavy atom. The lowest BCUT2D eigenvalue weighted by Gasteiger charge is -2.24. The Kier molecular flexibility index (Phi) is 6.68. The predicted octanol–water partition coefficient (Wildman–Crippen LogP) is 2.29. The van der Waals surface area contributed by atoms with E-state index in [1.54, 1.807) is 24.3 Å². The van der Waals surface area contributed by atoms with Crippen LogP contribution in [0.25, 0.3) is 0 Å². The normalized spacial score (nSPS) is 15.1. The van der Waals surface area contributed by atoms with Crippen molar-refractivity contribution in [2.45, 2.75) is 24.4 Å². The van der Waals surface area contributed by atoms with Gasteiger partial charge in [-0.15, -0.1) is 0 Å². The van der Waals surface area contributed by atoms with Crippen molar-refractivity contribution in [3.63, 3.8) is 0 Å². The molecule has 1 fully saturated rings. The first-order valence-corrected chi connectivity index (χ1v) is 10.6. The largest absolute Gasteiger partial charge is 0.438 e. The van der Waals surface area contributed by atoms with Gasteiger partial charge in [-0.05, 0) is 43.2 Å². The number of furan rings is 1. The molecule has 1 saturated heterocycles. The molecule has 0 aliphatic carbocycles. The van der Waals surface area contributed by atoms with Gasteiger partial charge in [-0.1, -0.05) is 12.5 Å². The second kappa shape index (κ2) is 9.21. The zero-order valence-corrected chi connectivity index (χ0v) is 16.8. The molecule has 2 aromatic rings. The number of carbonyl (C=O) groups is 2. The van der Waals surface area contributed by atoms with Gasteiger partial charge in [0.15, 0.2) is 5.76 Å². The second-order valence-electron chi connectivity index (χ2n) is 6.60. The van der Waals surface area contributed by atoms with Crippen molar-refractivity contribution in [1.82, 2.24) is 4.31 Å². The van der Waals surface area contributed by atoms with E-state index in [-0.39, 0.29) is 23.4 Å². The monoisotopic (exact) mass is 421 g/mol. The number of rotatable bonds is 7. The van der Waals surface area contributed by atoms with E-state index in [1.807, 2.05) is 0 Å². The average Bonchev–Trinajstić information content (AvgIpc) is 3.20. The minimum Gasteiger partial charge on any atom is -0.438 e. The summed E-state index contributed by atoms with van der Waals surface area (Å²) in [6, 6.07) is 9.15. The van der Waals surface area contributed by atoms with Crippen molar-refractivity contribution in [1.29, 1.82) is 0 Å². The highest BCUT2D eigenvalue weighted by Crippen LogP contribution is 2.23. The van der Waals surface area contributed by atoms with Gasteiger partial charge in [0.2, 0.25) is 11.0 Å². The second-order valence-corrected chi connectivity index (χ2v) is 8.47. The fraction of sp³-hybridized carbons (Fsp3) is 0.368. The smallest absolute Gasteiger partial charge is 0.291 e. The summed E-state index contributed by atoms with van der Waals surface area (Å²) in [5.41, 5.74) is 0.903. The summed E-state index contributed by atoms with van der Waals surface area (Å²) in [7, 11) is -2.33. The molecule has 1 aromatic heterocycles. The predicted molar refractivity (Wildman–Crippen MR) is 106 cm³/mol. The molecule has 0 unspecified atom stereocenters. The number of nitrogens with one attached hydrogen (secondary N) is 2. The van der Waals surface area contributed by atoms with E-state index < -0.39 is 15.9 Å². The molecule has 29 heavy (non-hydrogen) atoms. The van der Waals surface area contributed by atoms with Crippen LogP contribution in [0, 0.1) is 0 Å². The van der Waals surface area contributed by atoms with E-state index in [0.717, 1.165) is 19.3 Å². The fourth-order valence-electron chi connectivity index (χ4n) is 3.01. The molecule has 1 aromatic carbocycles. The van der Waals surface area contributed by atoms with Gasteiger partial charge in [0, 0.05) is 31.6 Å². The van der Waals surface area contributed by atoms with Crippen molar-refractivity contribution < 1.29 is 27.2 Å². The summed E-state index contributed by atoms with van der Waals surface area (Å²) in [6.45, 7) is 0.815. The van der Waals surface area contributed by atoms with Gasteiger partial charge >= 0.3 is 0 Å². The molecule has 1 aliphatic heterocycles. The Balaban J connectivity index is 1.68. The van der Waals surface area contributed by atoms with Crippen LogP contribution >= 0.6 is 0 Å². The van der Waals surface area contributed by atoms with Crippen LogP contribution in [0.2, 0.25) is 0 Å². The first kappa shape index (κ1) is 21.0. The lowest BCUT2D eigenvalue weighted by molar-refractivity contribution is -0.119. The summed E-state index contributed by atoms with van der Waals surface area (Å²) < 4.78 is 36.7. The van der Waals surface area contributed by atoms with E-state index in [2.05, 4.69) is 10.6 Å². The van der Waals surface area contributed by atoms with Crippen molar-refractivity contribution in [3.05, 3.63) is 42.2 Å². The van der Waals surface area contributed by atoms with Crippen LogP contribution in [0.4, 0.5) is 11.4 Å². The third-order valence-electron chi connectivity index (χ3n) is 4.39. The molecule has 1 aliphatic rings. The Morgan fingerprint density at radius 1 is 1.07 bits per heavy atom. The van der Waals surface area contributed by atoms with Gasteiger partial charge in [-0.2, -0.15) is 4.31 Å². The molecule has 0 radical (unpaired) electrons. The lowest BCUT2D eigenvalue weighted by Crippen LogP contribution is -2.35. The first-order chi connectivity index (χ1) is 13.9. The van der Waals surface area contributed by atoms with E-state index in [0.29, 0.717) is 24.5 Å². The minimum absolute atomic E-state index is 0.0861. The molecule has 0 atom stereocenters. The number of piperidine rings is 1. The topological polar surface area (TPSA) is 118 Å². The van der Waals surface area contributed by atoms with E-state index in [9.17, 15) is 18.0 Å². The van der Waals surface area contributed by atoms with Crippen LogP contribution in [-0.2, 0) is 19.6 Å². The van der Waals surface area contributed by atoms with Gasteiger partial charge in [0.25, 0.3) is 15.9 Å². The molecular formula is C19H23N3O6S. The first-order valence-electron chi connectivity index (χ1n) is 9.20. The quantitative estimate of drug-likeness (QED) is 0.708. The number of nitrogens with zero attached hydrogens (tertiary/aromatic N) is 1. The zero-order valence-electron chi connectivity index (χ0n) is 16.0. The Bertz CT molecular complexity index is 979. The summed E-state index contributed by atoms with van der Waals surface area (Å²) in [6.07, 6.45) is 2.62. The molecule has 10 heteroatoms. The van der Waals surface area contributed by atoms with Crippen molar-refractivity contribution >= 4 is 33.2 Å². The minimum atomic E-state index is -3.75. The Hall–Kier alpha value is -2.69. The SMILES string of the molecule is COCC(=O)Nc1cccc(NC(=O)c2ccc(S(=O)(=O)N3CCCCC3)o2)c1. The highest BCUT2D eigenvalue weighted by atomic mass is 32.2. The van der Waals surface area contributed by atoms with Crippen LogP contribution in [0.15, 0.2) is 45.9 Å². The maximum atomic E-state index is 12.6. The van der Waals surface area contributed by atoms with Gasteiger partial charge in [-0.25, -0.2) is 8.42 Å². The molecule has 156 valence electrons. The summed E-state index contributed by atoms with van der Waals surface area (Å²) in [5, 5.41) is 5.01. The average molecular weight is 421 g/mol. The number of hydrogen-bond donors (Lipinski definition) is 2. The molecule has 2 heterocycles. The van der Waals surface area contributed by atoms with E-state index in [1.165, 1.54) is 23.5 Å². The number of anilines is 2. The van der Waals surface area contributed by atoms with E-state index >= 15 is 0 Å². The standard InChI is InChI=1S/C19H23N3O6S/c1-27-13-17(23)20-14-6-5-7-15(12-14)21-19(24)16-8-9-18(28-16)29(25,26)22-10-3-2-4-11-22/h5-9,12H,2-4,10-11,13H2,1H3,(H,20,23)(H,21,24). The van der Waals surface area contributed by atoms with Gasteiger partial charge in [0.1, 0.15) is 6.61 Å². The Morgan fingerprint density at radius 2 is 1.76 bits per heavy atom. The van der Waals surface area contributed by atoms with Crippen LogP contribution in [0.1, 0.15) is 29.8 Å². The number of hydrogen-bond acceptors (Lipinski definition) is 6. The molecular weight excluding hydrogens is 398 g/mol. The maximum absolute atomic E-state index is 12.6. The highest BCUT2D eigenvalue weighted by molar-refractivity contribution is 7.89. The fourth-order valence-corrected chi connectivity index (χ4v) is 4.44. The molecule has 2 amide bonds. The van der Waals surface area contributed by atoms with Crippen molar-refractivity contribution in [3.8, 4) is 0 Å². The maximum Gasteiger partial charge on any atom is 0.291 e. The highest BCUT2D eigenvalue weighted by Gasteiger charge is 2.29. The van der Waals surface area contributed by atoms with Crippen LogP contribution in [0.3, 0.4) is 0 Å². The summed E-state index contributed by atoms with van der Waals surface area (Å²) >= 11 is 0. The van der Waals surface area contributed by atoms with Crippen molar-refractivity contribution in [2.75, 3.05) is 37.4 Å². The third-order valence-corrected chi connectivity index (χ3v) is 6.17. The Labute approximate surface area is 169 Å². The van der Waals surface area contributed by atoms with Crippen LogP contribution < -0.4 is 10.6 Å². The number of sulfonamides is 1. The molecule has 2 N–H and O–H groups in total. The zero-order chi connectivity index (χ0) is 20.9. The number of benzene rings is 1. The van der Waals surface area contributed by atoms with Gasteiger partial charge in [-0.3, -0.25) is 9.59 Å². The number of ether oxygens (including phenoxy) is 1. The van der Waals surface area contributed by atoms with Crippen molar-refractivity contribution in [2.24, 2.45) is 0 Å². The summed E-state index contributed by atoms with van der Waals surface area (Å²) in [4.78, 5) is 24.0. The molecule has 0 spiro atoms. The summed E-state index contributed by atoms with van der Waals surface area (Å²) in [5.74, 6) is -1.03. The van der Waals surface area contributed by atoms with Gasteiger partial charge < -0.3 is 19.8 Å². The van der Waals surface area contributed by atoms with Crippen LogP contribution in [-0.4, -0.2) is 51.3 Å². The third kappa shape index (κ3) is 5.22. The molecule has 0 bridgehead atoms. The van der Waals surface area contributed by atoms with Gasteiger partial charge in [0.05, 0.1) is 0 Å². The van der Waals surface area contributed by atoms with Crippen LogP contribution in [0.5, 0.6) is 0 Å². The lowest BCUT2D eigenvalue weighted by atomic mass is 10.2. The molecule has 9 nitrogen and oxygen atoms in total. The number of methoxy groups -OCH3 is 1. The number of amides is 2. The van der Waals surface area contributed by atoms with E-state index in [4.69, 9.17) is 9.15 Å².